The highest BCUT2D eigenvalue weighted by Crippen LogP contribution is 2.60. The van der Waals surface area contributed by atoms with Gasteiger partial charge in [-0.05, 0) is 75.0 Å². The highest BCUT2D eigenvalue weighted by molar-refractivity contribution is 5.98. The van der Waals surface area contributed by atoms with Gasteiger partial charge in [-0.1, -0.05) is 44.2 Å². The van der Waals surface area contributed by atoms with Gasteiger partial charge < -0.3 is 10.2 Å². The van der Waals surface area contributed by atoms with Crippen molar-refractivity contribution in [3.63, 3.8) is 0 Å². The van der Waals surface area contributed by atoms with Gasteiger partial charge in [0.05, 0.1) is 0 Å². The Kier molecular flexibility index (Phi) is 6.09. The minimum atomic E-state index is -0.480. The monoisotopic (exact) mass is 450 g/mol. The second-order valence-corrected chi connectivity index (χ2v) is 11.7. The summed E-state index contributed by atoms with van der Waals surface area (Å²) in [7, 11) is 0. The molecule has 1 N–H and O–H groups in total. The average Bonchev–Trinajstić information content (AvgIpc) is 2.81. The molecule has 1 saturated heterocycles. The van der Waals surface area contributed by atoms with Crippen LogP contribution in [0.25, 0.3) is 0 Å². The zero-order chi connectivity index (χ0) is 23.2. The van der Waals surface area contributed by atoms with Gasteiger partial charge in [0.1, 0.15) is 6.04 Å². The van der Waals surface area contributed by atoms with Gasteiger partial charge in [0.2, 0.25) is 11.8 Å². The smallest absolute Gasteiger partial charge is 0.245 e. The second-order valence-electron chi connectivity index (χ2n) is 11.7. The van der Waals surface area contributed by atoms with E-state index < -0.39 is 6.04 Å². The highest BCUT2D eigenvalue weighted by atomic mass is 16.2. The zero-order valence-corrected chi connectivity index (χ0v) is 20.1. The number of amides is 2. The Morgan fingerprint density at radius 2 is 1.45 bits per heavy atom. The first-order valence-corrected chi connectivity index (χ1v) is 13.0. The molecule has 1 aliphatic heterocycles. The molecule has 1 aromatic carbocycles. The Balaban J connectivity index is 1.21. The number of rotatable bonds is 6. The molecule has 1 aromatic rings. The van der Waals surface area contributed by atoms with Crippen LogP contribution in [-0.2, 0) is 9.59 Å². The fourth-order valence-corrected chi connectivity index (χ4v) is 7.59. The van der Waals surface area contributed by atoms with Crippen molar-refractivity contribution in [2.24, 2.45) is 35.0 Å². The lowest BCUT2D eigenvalue weighted by atomic mass is 9.49. The first kappa shape index (κ1) is 22.6. The molecule has 1 atom stereocenters. The van der Waals surface area contributed by atoms with E-state index >= 15 is 0 Å². The van der Waals surface area contributed by atoms with Crippen molar-refractivity contribution in [2.75, 3.05) is 13.1 Å². The van der Waals surface area contributed by atoms with Gasteiger partial charge in [-0.3, -0.25) is 14.4 Å². The molecule has 4 aliphatic carbocycles. The lowest BCUT2D eigenvalue weighted by molar-refractivity contribution is -0.151. The molecule has 5 aliphatic rings. The third-order valence-electron chi connectivity index (χ3n) is 8.97. The summed E-state index contributed by atoms with van der Waals surface area (Å²) in [5, 5.41) is 3.23. The third kappa shape index (κ3) is 4.36. The summed E-state index contributed by atoms with van der Waals surface area (Å²) >= 11 is 0. The Bertz CT molecular complexity index is 866. The number of nitrogens with one attached hydrogen (secondary N) is 1. The number of benzene rings is 1. The molecule has 1 unspecified atom stereocenters. The molecule has 5 fully saturated rings. The van der Waals surface area contributed by atoms with Crippen LogP contribution in [0, 0.1) is 35.0 Å². The number of hydrogen-bond acceptors (Lipinski definition) is 3. The van der Waals surface area contributed by atoms with Crippen LogP contribution in [0.1, 0.15) is 75.6 Å². The minimum Gasteiger partial charge on any atom is -0.344 e. The number of carbonyl (C=O) groups excluding carboxylic acids is 3. The van der Waals surface area contributed by atoms with E-state index in [1.54, 1.807) is 0 Å². The number of likely N-dealkylation sites (tertiary alicyclic amines) is 1. The number of Topliss-reactive ketones (excluding diaryl/α,β-unsaturated/α-hetero) is 1. The van der Waals surface area contributed by atoms with Crippen LogP contribution in [0.5, 0.6) is 0 Å². The van der Waals surface area contributed by atoms with Gasteiger partial charge in [0, 0.05) is 30.0 Å². The van der Waals surface area contributed by atoms with E-state index in [9.17, 15) is 14.4 Å². The van der Waals surface area contributed by atoms with Crippen molar-refractivity contribution >= 4 is 17.6 Å². The lowest BCUT2D eigenvalue weighted by Gasteiger charge is -2.56. The summed E-state index contributed by atoms with van der Waals surface area (Å²) in [4.78, 5) is 41.7. The molecule has 33 heavy (non-hydrogen) atoms. The summed E-state index contributed by atoms with van der Waals surface area (Å²) in [5.41, 5.74) is 0.516. The van der Waals surface area contributed by atoms with Crippen molar-refractivity contribution in [1.29, 1.82) is 0 Å². The molecule has 2 amide bonds. The summed E-state index contributed by atoms with van der Waals surface area (Å²) in [6.07, 6.45) is 8.31. The first-order valence-electron chi connectivity index (χ1n) is 13.0. The van der Waals surface area contributed by atoms with E-state index in [2.05, 4.69) is 5.32 Å². The van der Waals surface area contributed by atoms with E-state index in [4.69, 9.17) is 0 Å². The van der Waals surface area contributed by atoms with Crippen molar-refractivity contribution in [3.8, 4) is 0 Å². The highest BCUT2D eigenvalue weighted by Gasteiger charge is 2.55. The van der Waals surface area contributed by atoms with Crippen LogP contribution in [-0.4, -0.2) is 41.6 Å². The molecule has 4 bridgehead atoms. The van der Waals surface area contributed by atoms with Crippen molar-refractivity contribution in [2.45, 2.75) is 71.3 Å². The molecule has 0 radical (unpaired) electrons. The fourth-order valence-electron chi connectivity index (χ4n) is 7.59. The normalized spacial score (nSPS) is 32.1. The Morgan fingerprint density at radius 3 is 1.97 bits per heavy atom. The molecule has 0 aromatic heterocycles. The SMILES string of the molecule is CC(C)C(NC(=O)C12CC3CC(CC(C3)C1)C2)C(=O)N1CCC(C(=O)c2ccccc2)CC1. The van der Waals surface area contributed by atoms with Crippen LogP contribution in [0.2, 0.25) is 0 Å². The van der Waals surface area contributed by atoms with E-state index in [0.717, 1.165) is 24.8 Å². The number of ketones is 1. The standard InChI is InChI=1S/C28H38N2O3/c1-18(2)24(29-27(33)28-15-19-12-20(16-28)14-21(13-19)17-28)26(32)30-10-8-23(9-11-30)25(31)22-6-4-3-5-7-22/h3-7,18-21,23-24H,8-17H2,1-2H3,(H,29,33). The number of hydrogen-bond donors (Lipinski definition) is 1. The summed E-state index contributed by atoms with van der Waals surface area (Å²) in [6, 6.07) is 8.97. The van der Waals surface area contributed by atoms with Crippen molar-refractivity contribution in [1.82, 2.24) is 10.2 Å². The van der Waals surface area contributed by atoms with Crippen LogP contribution in [0.3, 0.4) is 0 Å². The summed E-state index contributed by atoms with van der Waals surface area (Å²) in [5.74, 6) is 2.45. The Morgan fingerprint density at radius 1 is 0.909 bits per heavy atom. The fraction of sp³-hybridized carbons (Fsp3) is 0.679. The predicted molar refractivity (Wildman–Crippen MR) is 127 cm³/mol. The van der Waals surface area contributed by atoms with Gasteiger partial charge in [-0.15, -0.1) is 0 Å². The second kappa shape index (κ2) is 8.88. The lowest BCUT2D eigenvalue weighted by Crippen LogP contribution is -2.59. The zero-order valence-electron chi connectivity index (χ0n) is 20.1. The molecule has 1 heterocycles. The maximum absolute atomic E-state index is 13.6. The molecule has 5 nitrogen and oxygen atoms in total. The van der Waals surface area contributed by atoms with E-state index in [1.165, 1.54) is 19.3 Å². The van der Waals surface area contributed by atoms with Gasteiger partial charge in [0.15, 0.2) is 5.78 Å². The molecular formula is C28H38N2O3. The van der Waals surface area contributed by atoms with Gasteiger partial charge in [-0.25, -0.2) is 0 Å². The molecule has 0 spiro atoms. The van der Waals surface area contributed by atoms with E-state index in [-0.39, 0.29) is 34.8 Å². The molecule has 178 valence electrons. The van der Waals surface area contributed by atoms with Crippen LogP contribution in [0.15, 0.2) is 30.3 Å². The predicted octanol–water partition coefficient (Wildman–Crippen LogP) is 4.47. The molecule has 6 rings (SSSR count). The molecule has 5 heteroatoms. The maximum Gasteiger partial charge on any atom is 0.245 e. The van der Waals surface area contributed by atoms with Gasteiger partial charge in [0.25, 0.3) is 0 Å². The molecular weight excluding hydrogens is 412 g/mol. The third-order valence-corrected chi connectivity index (χ3v) is 8.97. The van der Waals surface area contributed by atoms with Crippen LogP contribution in [0.4, 0.5) is 0 Å². The van der Waals surface area contributed by atoms with Crippen LogP contribution < -0.4 is 5.32 Å². The summed E-state index contributed by atoms with van der Waals surface area (Å²) in [6.45, 7) is 5.21. The van der Waals surface area contributed by atoms with Crippen LogP contribution >= 0.6 is 0 Å². The van der Waals surface area contributed by atoms with Gasteiger partial charge >= 0.3 is 0 Å². The van der Waals surface area contributed by atoms with Gasteiger partial charge in [-0.2, -0.15) is 0 Å². The number of piperidine rings is 1. The Hall–Kier alpha value is -2.17. The number of nitrogens with zero attached hydrogens (tertiary/aromatic N) is 1. The minimum absolute atomic E-state index is 0.0219. The first-order chi connectivity index (χ1) is 15.8. The van der Waals surface area contributed by atoms with Crippen molar-refractivity contribution in [3.05, 3.63) is 35.9 Å². The maximum atomic E-state index is 13.6. The Labute approximate surface area is 197 Å². The quantitative estimate of drug-likeness (QED) is 0.651. The number of carbonyl (C=O) groups is 3. The average molecular weight is 451 g/mol. The van der Waals surface area contributed by atoms with Crippen molar-refractivity contribution < 1.29 is 14.4 Å². The summed E-state index contributed by atoms with van der Waals surface area (Å²) < 4.78 is 0. The molecule has 4 saturated carbocycles. The van der Waals surface area contributed by atoms with E-state index in [0.29, 0.717) is 43.7 Å². The largest absolute Gasteiger partial charge is 0.344 e. The topological polar surface area (TPSA) is 66.5 Å². The van der Waals surface area contributed by atoms with E-state index in [1.807, 2.05) is 49.1 Å².